The highest BCUT2D eigenvalue weighted by atomic mass is 35.5. The molecule has 1 fully saturated rings. The van der Waals surface area contributed by atoms with E-state index in [0.717, 1.165) is 35.4 Å². The maximum Gasteiger partial charge on any atom is 0.246 e. The quantitative estimate of drug-likeness (QED) is 0.571. The van der Waals surface area contributed by atoms with Gasteiger partial charge in [-0.25, -0.2) is 4.98 Å². The molecule has 6 nitrogen and oxygen atoms in total. The number of fused-ring (bicyclic) bond motifs is 2. The van der Waals surface area contributed by atoms with E-state index >= 15 is 0 Å². The number of hydrogen-bond acceptors (Lipinski definition) is 5. The molecule has 0 bridgehead atoms. The number of aromatic nitrogens is 1. The standard InChI is InChI=1S/C23H21ClN2O4/c24-17-13-15(14-20-22(17)29-12-11-28-20)5-6-21(27)26-9-7-16(8-10-26)23-25-18-3-1-2-4-19(18)30-23/h1-6,13-14,16H,7-12H2/b6-5+. The Morgan fingerprint density at radius 1 is 1.13 bits per heavy atom. The summed E-state index contributed by atoms with van der Waals surface area (Å²) in [6.45, 7) is 2.33. The zero-order valence-electron chi connectivity index (χ0n) is 16.3. The number of piperidine rings is 1. The first kappa shape index (κ1) is 19.0. The predicted octanol–water partition coefficient (Wildman–Crippen LogP) is 4.67. The largest absolute Gasteiger partial charge is 0.486 e. The van der Waals surface area contributed by atoms with E-state index < -0.39 is 0 Å². The van der Waals surface area contributed by atoms with Gasteiger partial charge in [0.25, 0.3) is 0 Å². The SMILES string of the molecule is O=C(/C=C/c1cc(Cl)c2c(c1)OCCO2)N1CCC(c2nc3ccccc3o2)CC1. The van der Waals surface area contributed by atoms with E-state index in [4.69, 9.17) is 25.5 Å². The van der Waals surface area contributed by atoms with Crippen LogP contribution in [0, 0.1) is 0 Å². The molecule has 1 saturated heterocycles. The summed E-state index contributed by atoms with van der Waals surface area (Å²) in [5.41, 5.74) is 2.50. The van der Waals surface area contributed by atoms with Crippen LogP contribution in [0.5, 0.6) is 11.5 Å². The van der Waals surface area contributed by atoms with Crippen molar-refractivity contribution in [2.75, 3.05) is 26.3 Å². The molecule has 0 N–H and O–H groups in total. The van der Waals surface area contributed by atoms with Crippen molar-refractivity contribution in [1.82, 2.24) is 9.88 Å². The van der Waals surface area contributed by atoms with Crippen molar-refractivity contribution < 1.29 is 18.7 Å². The number of para-hydroxylation sites is 2. The van der Waals surface area contributed by atoms with Crippen LogP contribution in [0.4, 0.5) is 0 Å². The smallest absolute Gasteiger partial charge is 0.246 e. The lowest BCUT2D eigenvalue weighted by Gasteiger charge is -2.29. The molecule has 0 atom stereocenters. The first-order valence-electron chi connectivity index (χ1n) is 10.1. The number of halogens is 1. The van der Waals surface area contributed by atoms with Crippen molar-refractivity contribution in [3.05, 3.63) is 59.0 Å². The highest BCUT2D eigenvalue weighted by Gasteiger charge is 2.26. The van der Waals surface area contributed by atoms with Crippen molar-refractivity contribution >= 4 is 34.7 Å². The van der Waals surface area contributed by atoms with E-state index in [2.05, 4.69) is 4.98 Å². The molecule has 0 spiro atoms. The van der Waals surface area contributed by atoms with Crippen molar-refractivity contribution in [2.45, 2.75) is 18.8 Å². The minimum atomic E-state index is -0.0166. The molecule has 2 aromatic carbocycles. The van der Waals surface area contributed by atoms with Crippen molar-refractivity contribution in [3.8, 4) is 11.5 Å². The summed E-state index contributed by atoms with van der Waals surface area (Å²) in [5.74, 6) is 2.16. The van der Waals surface area contributed by atoms with Gasteiger partial charge in [0.1, 0.15) is 18.7 Å². The lowest BCUT2D eigenvalue weighted by molar-refractivity contribution is -0.127. The summed E-state index contributed by atoms with van der Waals surface area (Å²) in [6.07, 6.45) is 5.02. The lowest BCUT2D eigenvalue weighted by atomic mass is 9.96. The van der Waals surface area contributed by atoms with E-state index in [0.29, 0.717) is 42.8 Å². The van der Waals surface area contributed by atoms with E-state index in [9.17, 15) is 4.79 Å². The Balaban J connectivity index is 1.22. The summed E-state index contributed by atoms with van der Waals surface area (Å²) in [6, 6.07) is 11.4. The fourth-order valence-corrected chi connectivity index (χ4v) is 4.19. The van der Waals surface area contributed by atoms with E-state index in [1.807, 2.05) is 35.2 Å². The van der Waals surface area contributed by atoms with Crippen LogP contribution in [0.1, 0.15) is 30.2 Å². The Hall–Kier alpha value is -2.99. The summed E-state index contributed by atoms with van der Waals surface area (Å²) in [4.78, 5) is 19.1. The van der Waals surface area contributed by atoms with Crippen LogP contribution in [-0.4, -0.2) is 42.1 Å². The fraction of sp³-hybridized carbons (Fsp3) is 0.304. The van der Waals surface area contributed by atoms with Gasteiger partial charge in [0.2, 0.25) is 5.91 Å². The van der Waals surface area contributed by atoms with Gasteiger partial charge in [-0.2, -0.15) is 0 Å². The van der Waals surface area contributed by atoms with Crippen LogP contribution in [-0.2, 0) is 4.79 Å². The molecule has 30 heavy (non-hydrogen) atoms. The Bertz CT molecular complexity index is 1080. The van der Waals surface area contributed by atoms with Gasteiger partial charge in [-0.15, -0.1) is 0 Å². The molecular weight excluding hydrogens is 404 g/mol. The number of oxazole rings is 1. The molecule has 7 heteroatoms. The lowest BCUT2D eigenvalue weighted by Crippen LogP contribution is -2.36. The van der Waals surface area contributed by atoms with Gasteiger partial charge < -0.3 is 18.8 Å². The van der Waals surface area contributed by atoms with E-state index in [1.54, 1.807) is 18.2 Å². The summed E-state index contributed by atoms with van der Waals surface area (Å²) < 4.78 is 17.0. The first-order chi connectivity index (χ1) is 14.7. The highest BCUT2D eigenvalue weighted by Crippen LogP contribution is 2.38. The van der Waals surface area contributed by atoms with Gasteiger partial charge in [0, 0.05) is 25.1 Å². The molecule has 3 aromatic rings. The second-order valence-corrected chi connectivity index (χ2v) is 7.89. The number of ether oxygens (including phenoxy) is 2. The van der Waals surface area contributed by atoms with Crippen LogP contribution < -0.4 is 9.47 Å². The number of carbonyl (C=O) groups excluding carboxylic acids is 1. The second-order valence-electron chi connectivity index (χ2n) is 7.48. The second kappa shape index (κ2) is 8.03. The zero-order valence-corrected chi connectivity index (χ0v) is 17.1. The number of likely N-dealkylation sites (tertiary alicyclic amines) is 1. The molecule has 3 heterocycles. The zero-order chi connectivity index (χ0) is 20.5. The van der Waals surface area contributed by atoms with E-state index in [-0.39, 0.29) is 11.8 Å². The van der Waals surface area contributed by atoms with Gasteiger partial charge in [0.15, 0.2) is 23.0 Å². The molecule has 5 rings (SSSR count). The van der Waals surface area contributed by atoms with Gasteiger partial charge in [-0.3, -0.25) is 4.79 Å². The van der Waals surface area contributed by atoms with Gasteiger partial charge in [-0.05, 0) is 48.7 Å². The van der Waals surface area contributed by atoms with E-state index in [1.165, 1.54) is 0 Å². The summed E-state index contributed by atoms with van der Waals surface area (Å²) in [7, 11) is 0. The number of benzene rings is 2. The maximum absolute atomic E-state index is 12.6. The minimum absolute atomic E-state index is 0.0166. The fourth-order valence-electron chi connectivity index (χ4n) is 3.91. The maximum atomic E-state index is 12.6. The molecule has 0 saturated carbocycles. The first-order valence-corrected chi connectivity index (χ1v) is 10.5. The molecule has 0 aliphatic carbocycles. The van der Waals surface area contributed by atoms with Crippen LogP contribution in [0.3, 0.4) is 0 Å². The molecule has 1 aromatic heterocycles. The van der Waals surface area contributed by atoms with Crippen molar-refractivity contribution in [3.63, 3.8) is 0 Å². The number of carbonyl (C=O) groups is 1. The van der Waals surface area contributed by atoms with Crippen LogP contribution in [0.25, 0.3) is 17.2 Å². The average Bonchev–Trinajstić information content (AvgIpc) is 3.22. The highest BCUT2D eigenvalue weighted by molar-refractivity contribution is 6.32. The Morgan fingerprint density at radius 3 is 2.77 bits per heavy atom. The molecule has 2 aliphatic rings. The number of hydrogen-bond donors (Lipinski definition) is 0. The van der Waals surface area contributed by atoms with Crippen molar-refractivity contribution in [2.24, 2.45) is 0 Å². The molecule has 0 radical (unpaired) electrons. The third kappa shape index (κ3) is 3.75. The number of amides is 1. The predicted molar refractivity (Wildman–Crippen MR) is 114 cm³/mol. The third-order valence-electron chi connectivity index (χ3n) is 5.50. The molecule has 1 amide bonds. The van der Waals surface area contributed by atoms with Gasteiger partial charge in [0.05, 0.1) is 5.02 Å². The van der Waals surface area contributed by atoms with Crippen LogP contribution >= 0.6 is 11.6 Å². The monoisotopic (exact) mass is 424 g/mol. The van der Waals surface area contributed by atoms with Crippen LogP contribution in [0.2, 0.25) is 5.02 Å². The summed E-state index contributed by atoms with van der Waals surface area (Å²) in [5, 5.41) is 0.485. The molecular formula is C23H21ClN2O4. The molecule has 154 valence electrons. The van der Waals surface area contributed by atoms with Gasteiger partial charge in [-0.1, -0.05) is 23.7 Å². The summed E-state index contributed by atoms with van der Waals surface area (Å²) >= 11 is 6.27. The molecule has 2 aliphatic heterocycles. The Kier molecular flexibility index (Phi) is 5.09. The minimum Gasteiger partial charge on any atom is -0.486 e. The van der Waals surface area contributed by atoms with Gasteiger partial charge >= 0.3 is 0 Å². The van der Waals surface area contributed by atoms with Crippen LogP contribution in [0.15, 0.2) is 46.9 Å². The Labute approximate surface area is 179 Å². The topological polar surface area (TPSA) is 64.8 Å². The normalized spacial score (nSPS) is 17.0. The molecule has 0 unspecified atom stereocenters. The number of rotatable bonds is 3. The average molecular weight is 425 g/mol. The third-order valence-corrected chi connectivity index (χ3v) is 5.78. The Morgan fingerprint density at radius 2 is 1.93 bits per heavy atom. The van der Waals surface area contributed by atoms with Crippen molar-refractivity contribution in [1.29, 1.82) is 0 Å². The number of nitrogens with zero attached hydrogens (tertiary/aromatic N) is 2.